The van der Waals surface area contributed by atoms with Crippen LogP contribution in [0.1, 0.15) is 19.5 Å². The van der Waals surface area contributed by atoms with Crippen molar-refractivity contribution in [2.75, 3.05) is 0 Å². The number of nitrogens with one attached hydrogen (secondary N) is 1. The molecule has 2 unspecified atom stereocenters. The molecule has 0 saturated carbocycles. The highest BCUT2D eigenvalue weighted by atomic mass is 32.2. The normalized spacial score (nSPS) is 14.6. The first kappa shape index (κ1) is 12.0. The van der Waals surface area contributed by atoms with Gasteiger partial charge in [0.2, 0.25) is 0 Å². The van der Waals surface area contributed by atoms with E-state index in [2.05, 4.69) is 4.98 Å². The van der Waals surface area contributed by atoms with Crippen LogP contribution in [-0.4, -0.2) is 27.3 Å². The monoisotopic (exact) mass is 225 g/mol. The van der Waals surface area contributed by atoms with Gasteiger partial charge in [-0.2, -0.15) is 0 Å². The summed E-state index contributed by atoms with van der Waals surface area (Å²) >= 11 is 1.55. The topological polar surface area (TPSA) is 83.0 Å². The van der Waals surface area contributed by atoms with E-state index < -0.39 is 0 Å². The van der Waals surface area contributed by atoms with Crippen LogP contribution in [0, 0.1) is 5.41 Å². The zero-order valence-corrected chi connectivity index (χ0v) is 9.58. The van der Waals surface area contributed by atoms with Crippen LogP contribution < -0.4 is 5.73 Å². The van der Waals surface area contributed by atoms with Crippen molar-refractivity contribution in [1.29, 1.82) is 5.41 Å². The molecule has 4 nitrogen and oxygen atoms in total. The summed E-state index contributed by atoms with van der Waals surface area (Å²) < 4.78 is 0. The number of nitrogens with zero attached hydrogens (tertiary/aromatic N) is 1. The first-order chi connectivity index (χ1) is 7.00. The van der Waals surface area contributed by atoms with Gasteiger partial charge in [0.05, 0.1) is 6.10 Å². The van der Waals surface area contributed by atoms with E-state index in [-0.39, 0.29) is 17.2 Å². The second-order valence-electron chi connectivity index (χ2n) is 3.36. The van der Waals surface area contributed by atoms with E-state index in [1.807, 2.05) is 13.0 Å². The number of aromatic nitrogens is 1. The van der Waals surface area contributed by atoms with Gasteiger partial charge in [0.25, 0.3) is 0 Å². The molecular weight excluding hydrogens is 210 g/mol. The van der Waals surface area contributed by atoms with E-state index in [9.17, 15) is 5.11 Å². The van der Waals surface area contributed by atoms with Crippen LogP contribution in [0.3, 0.4) is 0 Å². The Kier molecular flexibility index (Phi) is 4.11. The predicted molar refractivity (Wildman–Crippen MR) is 62.3 cm³/mol. The average Bonchev–Trinajstić information content (AvgIpc) is 2.18. The van der Waals surface area contributed by atoms with Crippen LogP contribution in [0.5, 0.6) is 0 Å². The number of hydrogen-bond acceptors (Lipinski definition) is 4. The van der Waals surface area contributed by atoms with E-state index in [0.717, 1.165) is 4.90 Å². The minimum atomic E-state index is -0.359. The van der Waals surface area contributed by atoms with Crippen LogP contribution in [0.2, 0.25) is 0 Å². The largest absolute Gasteiger partial charge is 0.392 e. The van der Waals surface area contributed by atoms with Gasteiger partial charge in [0.1, 0.15) is 11.5 Å². The number of rotatable bonds is 4. The Morgan fingerprint density at radius 3 is 2.60 bits per heavy atom. The molecule has 0 aromatic carbocycles. The molecule has 0 bridgehead atoms. The first-order valence-electron chi connectivity index (χ1n) is 4.66. The quantitative estimate of drug-likeness (QED) is 0.409. The Balaban J connectivity index is 2.68. The van der Waals surface area contributed by atoms with E-state index >= 15 is 0 Å². The van der Waals surface area contributed by atoms with Crippen LogP contribution in [0.15, 0.2) is 23.2 Å². The molecule has 0 fully saturated rings. The molecule has 0 amide bonds. The summed E-state index contributed by atoms with van der Waals surface area (Å²) in [6.07, 6.45) is 1.31. The van der Waals surface area contributed by atoms with Crippen molar-refractivity contribution in [1.82, 2.24) is 4.98 Å². The maximum absolute atomic E-state index is 9.33. The fraction of sp³-hybridized carbons (Fsp3) is 0.400. The molecule has 0 aliphatic rings. The van der Waals surface area contributed by atoms with Gasteiger partial charge < -0.3 is 10.8 Å². The highest BCUT2D eigenvalue weighted by Crippen LogP contribution is 2.24. The summed E-state index contributed by atoms with van der Waals surface area (Å²) in [5.41, 5.74) is 5.76. The molecule has 82 valence electrons. The molecule has 1 aromatic heterocycles. The van der Waals surface area contributed by atoms with Gasteiger partial charge in [-0.05, 0) is 19.1 Å². The lowest BCUT2D eigenvalue weighted by Gasteiger charge is -2.13. The van der Waals surface area contributed by atoms with E-state index in [1.54, 1.807) is 30.9 Å². The molecule has 0 aliphatic carbocycles. The number of hydrogen-bond donors (Lipinski definition) is 3. The Hall–Kier alpha value is -1.07. The van der Waals surface area contributed by atoms with Gasteiger partial charge in [0.15, 0.2) is 0 Å². The predicted octanol–water partition coefficient (Wildman–Crippen LogP) is 1.23. The number of amidine groups is 1. The molecule has 1 heterocycles. The van der Waals surface area contributed by atoms with Crippen molar-refractivity contribution >= 4 is 17.6 Å². The Bertz CT molecular complexity index is 337. The smallest absolute Gasteiger partial charge is 0.141 e. The highest BCUT2D eigenvalue weighted by molar-refractivity contribution is 8.00. The van der Waals surface area contributed by atoms with Gasteiger partial charge >= 0.3 is 0 Å². The van der Waals surface area contributed by atoms with E-state index in [1.165, 1.54) is 0 Å². The van der Waals surface area contributed by atoms with Gasteiger partial charge in [-0.1, -0.05) is 6.92 Å². The third-order valence-electron chi connectivity index (χ3n) is 2.01. The average molecular weight is 225 g/mol. The fourth-order valence-corrected chi connectivity index (χ4v) is 1.81. The van der Waals surface area contributed by atoms with Crippen molar-refractivity contribution < 1.29 is 5.11 Å². The van der Waals surface area contributed by atoms with Crippen molar-refractivity contribution in [3.63, 3.8) is 0 Å². The van der Waals surface area contributed by atoms with Crippen molar-refractivity contribution in [3.8, 4) is 0 Å². The van der Waals surface area contributed by atoms with E-state index in [0.29, 0.717) is 5.69 Å². The number of pyridine rings is 1. The van der Waals surface area contributed by atoms with Crippen LogP contribution in [0.4, 0.5) is 0 Å². The second-order valence-corrected chi connectivity index (χ2v) is 4.81. The number of nitrogens with two attached hydrogens (primary N) is 1. The Morgan fingerprint density at radius 2 is 2.20 bits per heavy atom. The van der Waals surface area contributed by atoms with Crippen molar-refractivity contribution in [3.05, 3.63) is 24.0 Å². The van der Waals surface area contributed by atoms with Crippen LogP contribution in [-0.2, 0) is 0 Å². The summed E-state index contributed by atoms with van der Waals surface area (Å²) in [5.74, 6) is -0.0323. The van der Waals surface area contributed by atoms with Crippen LogP contribution >= 0.6 is 11.8 Å². The maximum atomic E-state index is 9.33. The molecule has 0 saturated heterocycles. The molecule has 0 spiro atoms. The molecule has 5 heteroatoms. The highest BCUT2D eigenvalue weighted by Gasteiger charge is 2.10. The third kappa shape index (κ3) is 3.53. The zero-order valence-electron chi connectivity index (χ0n) is 8.77. The number of thioether (sulfide) groups is 1. The maximum Gasteiger partial charge on any atom is 0.141 e. The van der Waals surface area contributed by atoms with E-state index in [4.69, 9.17) is 11.1 Å². The molecule has 1 rings (SSSR count). The molecule has 1 aromatic rings. The molecule has 4 N–H and O–H groups in total. The number of aliphatic hydroxyl groups excluding tert-OH is 1. The minimum absolute atomic E-state index is 0.0323. The minimum Gasteiger partial charge on any atom is -0.392 e. The van der Waals surface area contributed by atoms with Gasteiger partial charge in [0, 0.05) is 16.3 Å². The summed E-state index contributed by atoms with van der Waals surface area (Å²) in [4.78, 5) is 5.00. The lowest BCUT2D eigenvalue weighted by atomic mass is 10.3. The Morgan fingerprint density at radius 1 is 1.53 bits per heavy atom. The standard InChI is InChI=1S/C10H15N3OS/c1-6(14)7(2)15-8-3-4-9(10(11)12)13-5-8/h3-7,14H,1-2H3,(H3,11,12). The molecule has 15 heavy (non-hydrogen) atoms. The van der Waals surface area contributed by atoms with Gasteiger partial charge in [-0.15, -0.1) is 11.8 Å². The molecule has 2 atom stereocenters. The fourth-order valence-electron chi connectivity index (χ4n) is 0.922. The first-order valence-corrected chi connectivity index (χ1v) is 5.54. The van der Waals surface area contributed by atoms with Gasteiger partial charge in [-0.3, -0.25) is 10.4 Å². The molecular formula is C10H15N3OS. The third-order valence-corrected chi connectivity index (χ3v) is 3.29. The van der Waals surface area contributed by atoms with Crippen LogP contribution in [0.25, 0.3) is 0 Å². The number of aliphatic hydroxyl groups is 1. The summed E-state index contributed by atoms with van der Waals surface area (Å²) in [7, 11) is 0. The SMILES string of the molecule is CC(O)C(C)Sc1ccc(C(=N)N)nc1. The van der Waals surface area contributed by atoms with Gasteiger partial charge in [-0.25, -0.2) is 0 Å². The second kappa shape index (κ2) is 5.14. The molecule has 0 aliphatic heterocycles. The summed E-state index contributed by atoms with van der Waals surface area (Å²) in [5, 5.41) is 16.6. The zero-order chi connectivity index (χ0) is 11.4. The lowest BCUT2D eigenvalue weighted by Crippen LogP contribution is -2.15. The summed E-state index contributed by atoms with van der Waals surface area (Å²) in [6.45, 7) is 3.71. The lowest BCUT2D eigenvalue weighted by molar-refractivity contribution is 0.196. The molecule has 0 radical (unpaired) electrons. The number of nitrogen functional groups attached to an aromatic ring is 1. The van der Waals surface area contributed by atoms with Crippen molar-refractivity contribution in [2.24, 2.45) is 5.73 Å². The van der Waals surface area contributed by atoms with Crippen molar-refractivity contribution in [2.45, 2.75) is 30.1 Å². The summed E-state index contributed by atoms with van der Waals surface area (Å²) in [6, 6.07) is 3.56. The Labute approximate surface area is 93.4 Å².